The number of carbonyl (C=O) groups is 2. The lowest BCUT2D eigenvalue weighted by atomic mass is 9.95. The SMILES string of the molecule is NNc1ncc(C(=O)O)cc1Cl.O=C(O)c1cnc(NNC(=S)NC2c3ccccc3CCc3ccccc32)c(Cl)c1.S=CNC1c2ccccc2CCc2ccccc21. The van der Waals surface area contributed by atoms with Crippen molar-refractivity contribution in [3.63, 3.8) is 0 Å². The number of rotatable bonds is 8. The highest BCUT2D eigenvalue weighted by Crippen LogP contribution is 2.33. The number of nitrogens with zero attached hydrogens (tertiary/aromatic N) is 2. The molecule has 0 saturated heterocycles. The minimum Gasteiger partial charge on any atom is -0.478 e. The van der Waals surface area contributed by atoms with Crippen LogP contribution in [-0.4, -0.2) is 42.7 Å². The van der Waals surface area contributed by atoms with E-state index in [0.717, 1.165) is 25.7 Å². The van der Waals surface area contributed by atoms with E-state index in [1.54, 1.807) is 5.49 Å². The molecule has 9 N–H and O–H groups in total. The lowest BCUT2D eigenvalue weighted by Crippen LogP contribution is -2.41. The Morgan fingerprint density at radius 3 is 1.40 bits per heavy atom. The van der Waals surface area contributed by atoms with Crippen molar-refractivity contribution in [2.75, 3.05) is 10.9 Å². The van der Waals surface area contributed by atoms with Crippen molar-refractivity contribution in [2.45, 2.75) is 37.8 Å². The highest BCUT2D eigenvalue weighted by molar-refractivity contribution is 7.80. The molecular weight excluding hydrogens is 840 g/mol. The number of aromatic nitrogens is 2. The monoisotopic (exact) mass is 878 g/mol. The number of hydrazine groups is 2. The number of halogens is 2. The standard InChI is InChI=1S/C22H19ClN4O2S.C16H15NS.C6H6ClN3O2/c23-18-11-15(21(28)29)12-24-20(18)26-27-22(30)25-19-16-7-3-1-5-13(16)9-10-14-6-2-4-8-17(14)19;18-11-17-16-14-7-3-1-5-12(14)9-10-13-6-2-4-8-15(13)16;7-4-1-3(6(11)12)2-9-5(4)10-8/h1-8,11-12,19H,9-10H2,(H,24,26)(H,28,29)(H2,25,27,30);1-8,11,16H,9-10H2,(H,17,18);1-2H,8H2,(H,9,10)(H,11,12). The molecular formula is C44H40Cl2N8O4S2. The first-order valence-electron chi connectivity index (χ1n) is 18.7. The second kappa shape index (κ2) is 20.7. The van der Waals surface area contributed by atoms with Crippen molar-refractivity contribution >= 4 is 81.8 Å². The van der Waals surface area contributed by atoms with Gasteiger partial charge < -0.3 is 26.3 Å². The number of fused-ring (bicyclic) bond motifs is 4. The number of aryl methyl sites for hydroxylation is 4. The zero-order valence-electron chi connectivity index (χ0n) is 31.9. The Hall–Kier alpha value is -6.16. The molecule has 0 aliphatic heterocycles. The van der Waals surface area contributed by atoms with Gasteiger partial charge in [0.1, 0.15) is 0 Å². The number of benzene rings is 4. The van der Waals surface area contributed by atoms with Gasteiger partial charge in [-0.05, 0) is 94.5 Å². The van der Waals surface area contributed by atoms with Crippen LogP contribution in [0.5, 0.6) is 0 Å². The number of hydrogen-bond donors (Lipinski definition) is 8. The first-order valence-corrected chi connectivity index (χ1v) is 20.3. The topological polar surface area (TPSA) is 187 Å². The largest absolute Gasteiger partial charge is 0.478 e. The van der Waals surface area contributed by atoms with E-state index in [1.807, 2.05) is 12.1 Å². The summed E-state index contributed by atoms with van der Waals surface area (Å²) < 4.78 is 0. The lowest BCUT2D eigenvalue weighted by Gasteiger charge is -2.24. The highest BCUT2D eigenvalue weighted by Gasteiger charge is 2.24. The molecule has 6 aromatic rings. The maximum atomic E-state index is 11.0. The number of hydrogen-bond acceptors (Lipinski definition) is 9. The molecule has 2 aliphatic rings. The van der Waals surface area contributed by atoms with E-state index in [2.05, 4.69) is 122 Å². The number of carboxylic acids is 2. The van der Waals surface area contributed by atoms with E-state index >= 15 is 0 Å². The second-order valence-corrected chi connectivity index (χ2v) is 15.0. The third-order valence-electron chi connectivity index (χ3n) is 9.91. The summed E-state index contributed by atoms with van der Waals surface area (Å²) in [5.74, 6) is 3.40. The van der Waals surface area contributed by atoms with Gasteiger partial charge in [0, 0.05) is 12.4 Å². The van der Waals surface area contributed by atoms with Crippen LogP contribution in [0.25, 0.3) is 0 Å². The molecule has 0 unspecified atom stereocenters. The molecule has 0 radical (unpaired) electrons. The second-order valence-electron chi connectivity index (χ2n) is 13.5. The van der Waals surface area contributed by atoms with Crippen LogP contribution in [0, 0.1) is 0 Å². The molecule has 4 aromatic carbocycles. The van der Waals surface area contributed by atoms with Crippen LogP contribution in [0.4, 0.5) is 11.6 Å². The fourth-order valence-electron chi connectivity index (χ4n) is 7.04. The normalized spacial score (nSPS) is 12.6. The van der Waals surface area contributed by atoms with Crippen molar-refractivity contribution in [3.8, 4) is 0 Å². The van der Waals surface area contributed by atoms with Crippen LogP contribution >= 0.6 is 47.6 Å². The molecule has 16 heteroatoms. The Bertz CT molecular complexity index is 2430. The molecule has 8 rings (SSSR count). The molecule has 2 aromatic heterocycles. The number of nitrogen functional groups attached to an aromatic ring is 1. The Morgan fingerprint density at radius 2 is 1.03 bits per heavy atom. The lowest BCUT2D eigenvalue weighted by molar-refractivity contribution is 0.0685. The molecule has 0 fully saturated rings. The third kappa shape index (κ3) is 10.7. The number of carboxylic acid groups (broad SMARTS) is 2. The Balaban J connectivity index is 0.000000170. The van der Waals surface area contributed by atoms with Crippen molar-refractivity contribution in [2.24, 2.45) is 5.84 Å². The molecule has 0 saturated carbocycles. The van der Waals surface area contributed by atoms with Crippen LogP contribution < -0.4 is 32.8 Å². The van der Waals surface area contributed by atoms with Gasteiger partial charge in [-0.1, -0.05) is 132 Å². The van der Waals surface area contributed by atoms with Gasteiger partial charge in [-0.3, -0.25) is 10.9 Å². The molecule has 0 amide bonds. The zero-order valence-corrected chi connectivity index (χ0v) is 35.0. The van der Waals surface area contributed by atoms with Crippen LogP contribution in [0.1, 0.15) is 77.3 Å². The molecule has 60 heavy (non-hydrogen) atoms. The maximum Gasteiger partial charge on any atom is 0.337 e. The molecule has 306 valence electrons. The van der Waals surface area contributed by atoms with Crippen molar-refractivity contribution < 1.29 is 19.8 Å². The van der Waals surface area contributed by atoms with Gasteiger partial charge >= 0.3 is 11.9 Å². The summed E-state index contributed by atoms with van der Waals surface area (Å²) in [5, 5.41) is 25.0. The van der Waals surface area contributed by atoms with Gasteiger partial charge in [-0.15, -0.1) is 0 Å². The summed E-state index contributed by atoms with van der Waals surface area (Å²) in [6.07, 6.45) is 6.54. The summed E-state index contributed by atoms with van der Waals surface area (Å²) in [5.41, 5.74) is 20.1. The summed E-state index contributed by atoms with van der Waals surface area (Å²) in [6, 6.07) is 36.7. The number of thiocarbonyl (C=S) groups is 2. The third-order valence-corrected chi connectivity index (χ3v) is 10.8. The molecule has 2 aliphatic carbocycles. The fraction of sp³-hybridized carbons (Fsp3) is 0.136. The number of aromatic carboxylic acids is 2. The Morgan fingerprint density at radius 1 is 0.650 bits per heavy atom. The fourth-order valence-corrected chi connectivity index (χ4v) is 7.78. The molecule has 0 atom stereocenters. The van der Waals surface area contributed by atoms with E-state index in [-0.39, 0.29) is 44.9 Å². The average molecular weight is 880 g/mol. The van der Waals surface area contributed by atoms with Crippen molar-refractivity contribution in [1.29, 1.82) is 0 Å². The van der Waals surface area contributed by atoms with Gasteiger partial charge in [0.05, 0.1) is 38.7 Å². The van der Waals surface area contributed by atoms with E-state index < -0.39 is 11.9 Å². The molecule has 0 spiro atoms. The predicted molar refractivity (Wildman–Crippen MR) is 244 cm³/mol. The van der Waals surface area contributed by atoms with E-state index in [0.29, 0.717) is 5.11 Å². The van der Waals surface area contributed by atoms with E-state index in [1.165, 1.54) is 69.0 Å². The van der Waals surface area contributed by atoms with Crippen LogP contribution in [0.15, 0.2) is 122 Å². The maximum absolute atomic E-state index is 11.0. The van der Waals surface area contributed by atoms with Gasteiger partial charge in [0.15, 0.2) is 16.7 Å². The van der Waals surface area contributed by atoms with Gasteiger partial charge in [-0.2, -0.15) is 0 Å². The van der Waals surface area contributed by atoms with Gasteiger partial charge in [0.2, 0.25) is 0 Å². The number of nitrogens with two attached hydrogens (primary N) is 1. The Kier molecular flexibility index (Phi) is 15.0. The minimum atomic E-state index is -1.09. The quantitative estimate of drug-likeness (QED) is 0.0415. The smallest absolute Gasteiger partial charge is 0.337 e. The summed E-state index contributed by atoms with van der Waals surface area (Å²) in [4.78, 5) is 29.1. The first kappa shape index (κ1) is 43.4. The highest BCUT2D eigenvalue weighted by atomic mass is 35.5. The van der Waals surface area contributed by atoms with Crippen LogP contribution in [-0.2, 0) is 25.7 Å². The van der Waals surface area contributed by atoms with Crippen molar-refractivity contribution in [3.05, 3.63) is 187 Å². The first-order chi connectivity index (χ1) is 29.1. The van der Waals surface area contributed by atoms with Gasteiger partial charge in [-0.25, -0.2) is 25.4 Å². The summed E-state index contributed by atoms with van der Waals surface area (Å²) >= 11 is 22.2. The Labute approximate surface area is 367 Å². The minimum absolute atomic E-state index is 0.0120. The molecule has 12 nitrogen and oxygen atoms in total. The number of pyridine rings is 2. The molecule has 0 bridgehead atoms. The van der Waals surface area contributed by atoms with E-state index in [4.69, 9.17) is 63.7 Å². The number of anilines is 2. The summed E-state index contributed by atoms with van der Waals surface area (Å²) in [7, 11) is 0. The van der Waals surface area contributed by atoms with Crippen molar-refractivity contribution in [1.82, 2.24) is 26.0 Å². The molecule has 2 heterocycles. The number of nitrogens with one attached hydrogen (secondary N) is 5. The van der Waals surface area contributed by atoms with E-state index in [9.17, 15) is 9.59 Å². The summed E-state index contributed by atoms with van der Waals surface area (Å²) in [6.45, 7) is 0. The van der Waals surface area contributed by atoms with Crippen LogP contribution in [0.3, 0.4) is 0 Å². The van der Waals surface area contributed by atoms with Gasteiger partial charge in [0.25, 0.3) is 0 Å². The predicted octanol–water partition coefficient (Wildman–Crippen LogP) is 8.25. The zero-order chi connectivity index (χ0) is 42.6. The van der Waals surface area contributed by atoms with Crippen LogP contribution in [0.2, 0.25) is 10.0 Å². The average Bonchev–Trinajstić information content (AvgIpc) is 3.52.